The van der Waals surface area contributed by atoms with Crippen molar-refractivity contribution in [1.82, 2.24) is 4.31 Å². The molecule has 2 aromatic rings. The first kappa shape index (κ1) is 21.2. The van der Waals surface area contributed by atoms with Crippen LogP contribution in [0.5, 0.6) is 11.5 Å². The number of hydrogen-bond donors (Lipinski definition) is 1. The summed E-state index contributed by atoms with van der Waals surface area (Å²) >= 11 is 0. The lowest BCUT2D eigenvalue weighted by atomic mass is 10.1. The Morgan fingerprint density at radius 2 is 1.71 bits per heavy atom. The lowest BCUT2D eigenvalue weighted by Gasteiger charge is -2.18. The van der Waals surface area contributed by atoms with E-state index in [-0.39, 0.29) is 11.4 Å². The zero-order valence-electron chi connectivity index (χ0n) is 16.0. The normalized spacial score (nSPS) is 11.0. The molecule has 0 heterocycles. The van der Waals surface area contributed by atoms with Crippen LogP contribution >= 0.6 is 0 Å². The molecule has 1 amide bonds. The van der Waals surface area contributed by atoms with E-state index in [2.05, 4.69) is 5.32 Å². The number of hydrogen-bond acceptors (Lipinski definition) is 6. The molecule has 1 N–H and O–H groups in total. The van der Waals surface area contributed by atoms with Gasteiger partial charge < -0.3 is 14.8 Å². The second kappa shape index (κ2) is 8.73. The quantitative estimate of drug-likeness (QED) is 0.759. The minimum Gasteiger partial charge on any atom is -0.493 e. The fourth-order valence-electron chi connectivity index (χ4n) is 2.47. The highest BCUT2D eigenvalue weighted by molar-refractivity contribution is 7.89. The second-order valence-electron chi connectivity index (χ2n) is 5.97. The SMILES string of the molecule is COc1cc(C)c(NC(=O)CN(C)S(=O)(=O)c2ccc(C#N)cc2)cc1OC. The Labute approximate surface area is 164 Å². The average molecular weight is 403 g/mol. The highest BCUT2D eigenvalue weighted by atomic mass is 32.2. The molecule has 0 aliphatic rings. The van der Waals surface area contributed by atoms with E-state index in [1.54, 1.807) is 19.1 Å². The molecule has 0 saturated heterocycles. The van der Waals surface area contributed by atoms with Gasteiger partial charge in [0.25, 0.3) is 0 Å². The molecule has 0 aliphatic carbocycles. The van der Waals surface area contributed by atoms with E-state index in [9.17, 15) is 13.2 Å². The molecule has 0 fully saturated rings. The number of aryl methyl sites for hydroxylation is 1. The number of carbonyl (C=O) groups is 1. The number of sulfonamides is 1. The maximum atomic E-state index is 12.6. The fraction of sp³-hybridized carbons (Fsp3) is 0.263. The zero-order chi connectivity index (χ0) is 20.9. The number of benzene rings is 2. The summed E-state index contributed by atoms with van der Waals surface area (Å²) in [6.45, 7) is 1.41. The van der Waals surface area contributed by atoms with Crippen LogP contribution in [0.3, 0.4) is 0 Å². The standard InChI is InChI=1S/C19H21N3O5S/c1-13-9-17(26-3)18(27-4)10-16(13)21-19(23)12-22(2)28(24,25)15-7-5-14(11-20)6-8-15/h5-10H,12H2,1-4H3,(H,21,23). The van der Waals surface area contributed by atoms with Gasteiger partial charge in [0.15, 0.2) is 11.5 Å². The second-order valence-corrected chi connectivity index (χ2v) is 8.01. The van der Waals surface area contributed by atoms with E-state index in [0.717, 1.165) is 9.87 Å². The van der Waals surface area contributed by atoms with Crippen LogP contribution in [0.4, 0.5) is 5.69 Å². The van der Waals surface area contributed by atoms with E-state index in [4.69, 9.17) is 14.7 Å². The number of anilines is 1. The molecule has 2 rings (SSSR count). The highest BCUT2D eigenvalue weighted by Gasteiger charge is 2.23. The van der Waals surface area contributed by atoms with E-state index >= 15 is 0 Å². The number of nitrogens with zero attached hydrogens (tertiary/aromatic N) is 2. The van der Waals surface area contributed by atoms with Gasteiger partial charge in [0.1, 0.15) is 0 Å². The molecule has 9 heteroatoms. The first-order chi connectivity index (χ1) is 13.2. The smallest absolute Gasteiger partial charge is 0.243 e. The molecule has 8 nitrogen and oxygen atoms in total. The van der Waals surface area contributed by atoms with Crippen LogP contribution in [0.15, 0.2) is 41.3 Å². The third kappa shape index (κ3) is 4.60. The molecular weight excluding hydrogens is 382 g/mol. The van der Waals surface area contributed by atoms with Crippen molar-refractivity contribution < 1.29 is 22.7 Å². The summed E-state index contributed by atoms with van der Waals surface area (Å²) in [5, 5.41) is 11.5. The first-order valence-electron chi connectivity index (χ1n) is 8.22. The molecular formula is C19H21N3O5S. The molecule has 0 unspecified atom stereocenters. The summed E-state index contributed by atoms with van der Waals surface area (Å²) < 4.78 is 36.6. The van der Waals surface area contributed by atoms with Crippen LogP contribution < -0.4 is 14.8 Å². The van der Waals surface area contributed by atoms with Crippen LogP contribution in [-0.2, 0) is 14.8 Å². The Morgan fingerprint density at radius 3 is 2.25 bits per heavy atom. The summed E-state index contributed by atoms with van der Waals surface area (Å²) in [6.07, 6.45) is 0. The van der Waals surface area contributed by atoms with Gasteiger partial charge >= 0.3 is 0 Å². The van der Waals surface area contributed by atoms with Crippen LogP contribution in [-0.4, -0.2) is 46.4 Å². The van der Waals surface area contributed by atoms with Crippen molar-refractivity contribution in [3.8, 4) is 17.6 Å². The van der Waals surface area contributed by atoms with Gasteiger partial charge in [-0.05, 0) is 42.8 Å². The Morgan fingerprint density at radius 1 is 1.14 bits per heavy atom. The largest absolute Gasteiger partial charge is 0.493 e. The number of amides is 1. The van der Waals surface area contributed by atoms with Crippen molar-refractivity contribution in [2.24, 2.45) is 0 Å². The van der Waals surface area contributed by atoms with E-state index in [1.807, 2.05) is 6.07 Å². The third-order valence-corrected chi connectivity index (χ3v) is 5.88. The topological polar surface area (TPSA) is 109 Å². The van der Waals surface area contributed by atoms with Crippen LogP contribution in [0.25, 0.3) is 0 Å². The van der Waals surface area contributed by atoms with Gasteiger partial charge in [0, 0.05) is 18.8 Å². The van der Waals surface area contributed by atoms with Gasteiger partial charge in [-0.15, -0.1) is 0 Å². The van der Waals surface area contributed by atoms with Crippen LogP contribution in [0, 0.1) is 18.3 Å². The van der Waals surface area contributed by atoms with Gasteiger partial charge in [-0.2, -0.15) is 9.57 Å². The summed E-state index contributed by atoms with van der Waals surface area (Å²) in [6, 6.07) is 10.7. The number of nitrogens with one attached hydrogen (secondary N) is 1. The zero-order valence-corrected chi connectivity index (χ0v) is 16.8. The molecule has 0 aliphatic heterocycles. The molecule has 0 saturated carbocycles. The first-order valence-corrected chi connectivity index (χ1v) is 9.66. The molecule has 28 heavy (non-hydrogen) atoms. The molecule has 148 valence electrons. The predicted octanol–water partition coefficient (Wildman–Crippen LogP) is 2.14. The van der Waals surface area contributed by atoms with E-state index < -0.39 is 15.9 Å². The Balaban J connectivity index is 2.15. The van der Waals surface area contributed by atoms with Crippen molar-refractivity contribution in [3.05, 3.63) is 47.5 Å². The lowest BCUT2D eigenvalue weighted by Crippen LogP contribution is -2.35. The number of ether oxygens (including phenoxy) is 2. The average Bonchev–Trinajstić information content (AvgIpc) is 2.68. The molecule has 0 bridgehead atoms. The van der Waals surface area contributed by atoms with Crippen LogP contribution in [0.1, 0.15) is 11.1 Å². The number of methoxy groups -OCH3 is 2. The molecule has 0 spiro atoms. The fourth-order valence-corrected chi connectivity index (χ4v) is 3.60. The Kier molecular flexibility index (Phi) is 6.62. The minimum absolute atomic E-state index is 0.00379. The van der Waals surface area contributed by atoms with E-state index in [0.29, 0.717) is 22.7 Å². The molecule has 2 aromatic carbocycles. The Bertz CT molecular complexity index is 1010. The number of carbonyl (C=O) groups excluding carboxylic acids is 1. The third-order valence-electron chi connectivity index (χ3n) is 4.06. The molecule has 0 aromatic heterocycles. The van der Waals surface area contributed by atoms with Gasteiger partial charge in [0.05, 0.1) is 37.3 Å². The Hall–Kier alpha value is -3.09. The molecule has 0 radical (unpaired) electrons. The number of rotatable bonds is 7. The van der Waals surface area contributed by atoms with Crippen molar-refractivity contribution >= 4 is 21.6 Å². The summed E-state index contributed by atoms with van der Waals surface area (Å²) in [5.41, 5.74) is 1.58. The van der Waals surface area contributed by atoms with Gasteiger partial charge in [-0.3, -0.25) is 4.79 Å². The predicted molar refractivity (Wildman–Crippen MR) is 104 cm³/mol. The monoisotopic (exact) mass is 403 g/mol. The van der Waals surface area contributed by atoms with Crippen molar-refractivity contribution in [2.45, 2.75) is 11.8 Å². The van der Waals surface area contributed by atoms with Crippen molar-refractivity contribution in [2.75, 3.05) is 33.1 Å². The summed E-state index contributed by atoms with van der Waals surface area (Å²) in [5.74, 6) is 0.468. The van der Waals surface area contributed by atoms with E-state index in [1.165, 1.54) is 45.5 Å². The minimum atomic E-state index is -3.87. The highest BCUT2D eigenvalue weighted by Crippen LogP contribution is 2.32. The summed E-state index contributed by atoms with van der Waals surface area (Å²) in [7, 11) is 0.443. The van der Waals surface area contributed by atoms with Crippen molar-refractivity contribution in [3.63, 3.8) is 0 Å². The maximum Gasteiger partial charge on any atom is 0.243 e. The molecule has 0 atom stereocenters. The number of likely N-dealkylation sites (N-methyl/N-ethyl adjacent to an activating group) is 1. The van der Waals surface area contributed by atoms with Gasteiger partial charge in [-0.1, -0.05) is 0 Å². The number of nitriles is 1. The van der Waals surface area contributed by atoms with Crippen molar-refractivity contribution in [1.29, 1.82) is 5.26 Å². The summed E-state index contributed by atoms with van der Waals surface area (Å²) in [4.78, 5) is 12.4. The maximum absolute atomic E-state index is 12.6. The lowest BCUT2D eigenvalue weighted by molar-refractivity contribution is -0.116. The van der Waals surface area contributed by atoms with Gasteiger partial charge in [0.2, 0.25) is 15.9 Å². The van der Waals surface area contributed by atoms with Crippen LogP contribution in [0.2, 0.25) is 0 Å². The van der Waals surface area contributed by atoms with Gasteiger partial charge in [-0.25, -0.2) is 8.42 Å².